The molecule has 0 radical (unpaired) electrons. The van der Waals surface area contributed by atoms with Gasteiger partial charge in [0.2, 0.25) is 11.8 Å². The normalized spacial score (nSPS) is 23.6. The highest BCUT2D eigenvalue weighted by Crippen LogP contribution is 2.14. The van der Waals surface area contributed by atoms with Crippen molar-refractivity contribution in [2.75, 3.05) is 6.54 Å². The Labute approximate surface area is 123 Å². The number of nitrogens with zero attached hydrogens (tertiary/aromatic N) is 1. The summed E-state index contributed by atoms with van der Waals surface area (Å²) >= 11 is 0. The van der Waals surface area contributed by atoms with Gasteiger partial charge < -0.3 is 10.2 Å². The SMILES string of the molecule is CCCCCCCCCN1C(=O)C(C)NC(=O)CC1C. The van der Waals surface area contributed by atoms with E-state index >= 15 is 0 Å². The monoisotopic (exact) mass is 282 g/mol. The highest BCUT2D eigenvalue weighted by Gasteiger charge is 2.30. The second-order valence-corrected chi connectivity index (χ2v) is 6.00. The van der Waals surface area contributed by atoms with Crippen molar-refractivity contribution in [1.82, 2.24) is 10.2 Å². The third-order valence-corrected chi connectivity index (χ3v) is 4.05. The number of hydrogen-bond donors (Lipinski definition) is 1. The maximum Gasteiger partial charge on any atom is 0.245 e. The minimum absolute atomic E-state index is 0.0135. The maximum absolute atomic E-state index is 12.2. The molecule has 1 aliphatic heterocycles. The van der Waals surface area contributed by atoms with Gasteiger partial charge in [-0.05, 0) is 20.3 Å². The van der Waals surface area contributed by atoms with E-state index in [2.05, 4.69) is 12.2 Å². The van der Waals surface area contributed by atoms with Gasteiger partial charge in [-0.15, -0.1) is 0 Å². The van der Waals surface area contributed by atoms with Crippen LogP contribution < -0.4 is 5.32 Å². The van der Waals surface area contributed by atoms with Crippen molar-refractivity contribution in [1.29, 1.82) is 0 Å². The van der Waals surface area contributed by atoms with Crippen molar-refractivity contribution in [2.45, 2.75) is 84.2 Å². The Hall–Kier alpha value is -1.06. The van der Waals surface area contributed by atoms with Crippen molar-refractivity contribution in [3.8, 4) is 0 Å². The predicted octanol–water partition coefficient (Wildman–Crippen LogP) is 2.86. The molecule has 20 heavy (non-hydrogen) atoms. The summed E-state index contributed by atoms with van der Waals surface area (Å²) in [6.07, 6.45) is 9.12. The number of hydrogen-bond acceptors (Lipinski definition) is 2. The Bertz CT molecular complexity index is 318. The van der Waals surface area contributed by atoms with E-state index in [0.29, 0.717) is 6.42 Å². The smallest absolute Gasteiger partial charge is 0.245 e. The van der Waals surface area contributed by atoms with Crippen LogP contribution in [0.4, 0.5) is 0 Å². The maximum atomic E-state index is 12.2. The Morgan fingerprint density at radius 1 is 1.05 bits per heavy atom. The highest BCUT2D eigenvalue weighted by molar-refractivity contribution is 5.90. The number of unbranched alkanes of at least 4 members (excludes halogenated alkanes) is 6. The number of carbonyl (C=O) groups excluding carboxylic acids is 2. The summed E-state index contributed by atoms with van der Waals surface area (Å²) in [6.45, 7) is 6.75. The van der Waals surface area contributed by atoms with E-state index in [4.69, 9.17) is 0 Å². The van der Waals surface area contributed by atoms with Gasteiger partial charge in [0.05, 0.1) is 0 Å². The average molecular weight is 282 g/mol. The van der Waals surface area contributed by atoms with Gasteiger partial charge in [0.25, 0.3) is 0 Å². The van der Waals surface area contributed by atoms with Crippen LogP contribution in [0.25, 0.3) is 0 Å². The summed E-state index contributed by atoms with van der Waals surface area (Å²) in [7, 11) is 0. The Balaban J connectivity index is 2.29. The minimum atomic E-state index is -0.378. The quantitative estimate of drug-likeness (QED) is 0.696. The molecule has 0 bridgehead atoms. The second kappa shape index (κ2) is 8.98. The van der Waals surface area contributed by atoms with Crippen molar-refractivity contribution < 1.29 is 9.59 Å². The van der Waals surface area contributed by atoms with E-state index in [1.807, 2.05) is 11.8 Å². The van der Waals surface area contributed by atoms with E-state index in [-0.39, 0.29) is 23.9 Å². The van der Waals surface area contributed by atoms with Crippen LogP contribution >= 0.6 is 0 Å². The van der Waals surface area contributed by atoms with Crippen molar-refractivity contribution in [3.63, 3.8) is 0 Å². The molecule has 1 rings (SSSR count). The predicted molar refractivity (Wildman–Crippen MR) is 81.4 cm³/mol. The van der Waals surface area contributed by atoms with Gasteiger partial charge in [-0.1, -0.05) is 45.4 Å². The molecule has 1 heterocycles. The molecule has 2 unspecified atom stereocenters. The van der Waals surface area contributed by atoms with Crippen LogP contribution in [0, 0.1) is 0 Å². The first-order valence-corrected chi connectivity index (χ1v) is 8.16. The summed E-state index contributed by atoms with van der Waals surface area (Å²) in [5.41, 5.74) is 0. The Kier molecular flexibility index (Phi) is 7.63. The summed E-state index contributed by atoms with van der Waals surface area (Å²) in [6, 6.07) is -0.357. The summed E-state index contributed by atoms with van der Waals surface area (Å²) in [5.74, 6) is 0.0507. The summed E-state index contributed by atoms with van der Waals surface area (Å²) in [4.78, 5) is 25.7. The van der Waals surface area contributed by atoms with Crippen LogP contribution in [0.15, 0.2) is 0 Å². The number of amides is 2. The van der Waals surface area contributed by atoms with E-state index in [1.54, 1.807) is 6.92 Å². The third-order valence-electron chi connectivity index (χ3n) is 4.05. The molecule has 0 aromatic rings. The van der Waals surface area contributed by atoms with Crippen LogP contribution in [0.5, 0.6) is 0 Å². The lowest BCUT2D eigenvalue weighted by Crippen LogP contribution is -2.45. The fraction of sp³-hybridized carbons (Fsp3) is 0.875. The number of nitrogens with one attached hydrogen (secondary N) is 1. The van der Waals surface area contributed by atoms with Crippen LogP contribution in [-0.4, -0.2) is 35.3 Å². The molecule has 1 N–H and O–H groups in total. The fourth-order valence-corrected chi connectivity index (χ4v) is 2.78. The van der Waals surface area contributed by atoms with Crippen LogP contribution in [-0.2, 0) is 9.59 Å². The first kappa shape index (κ1) is 17.0. The van der Waals surface area contributed by atoms with E-state index < -0.39 is 0 Å². The first-order valence-electron chi connectivity index (χ1n) is 8.16. The van der Waals surface area contributed by atoms with Gasteiger partial charge in [0.1, 0.15) is 6.04 Å². The van der Waals surface area contributed by atoms with Gasteiger partial charge in [-0.25, -0.2) is 0 Å². The number of rotatable bonds is 8. The number of carbonyl (C=O) groups is 2. The molecule has 0 saturated carbocycles. The zero-order chi connectivity index (χ0) is 15.0. The molecule has 4 nitrogen and oxygen atoms in total. The lowest BCUT2D eigenvalue weighted by Gasteiger charge is -2.27. The summed E-state index contributed by atoms with van der Waals surface area (Å²) in [5, 5.41) is 2.75. The van der Waals surface area contributed by atoms with E-state index in [9.17, 15) is 9.59 Å². The molecule has 1 aliphatic rings. The molecular weight excluding hydrogens is 252 g/mol. The minimum Gasteiger partial charge on any atom is -0.345 e. The fourth-order valence-electron chi connectivity index (χ4n) is 2.78. The van der Waals surface area contributed by atoms with Crippen molar-refractivity contribution >= 4 is 11.8 Å². The lowest BCUT2D eigenvalue weighted by molar-refractivity contribution is -0.134. The second-order valence-electron chi connectivity index (χ2n) is 6.00. The van der Waals surface area contributed by atoms with Crippen molar-refractivity contribution in [2.24, 2.45) is 0 Å². The van der Waals surface area contributed by atoms with E-state index in [1.165, 1.54) is 38.5 Å². The third kappa shape index (κ3) is 5.51. The van der Waals surface area contributed by atoms with Crippen molar-refractivity contribution in [3.05, 3.63) is 0 Å². The largest absolute Gasteiger partial charge is 0.345 e. The zero-order valence-electron chi connectivity index (χ0n) is 13.3. The molecule has 4 heteroatoms. The molecule has 2 atom stereocenters. The van der Waals surface area contributed by atoms with Crippen LogP contribution in [0.3, 0.4) is 0 Å². The zero-order valence-corrected chi connectivity index (χ0v) is 13.3. The molecule has 0 aromatic carbocycles. The standard InChI is InChI=1S/C16H30N2O2/c1-4-5-6-7-8-9-10-11-18-13(2)12-15(19)17-14(3)16(18)20/h13-14H,4-12H2,1-3H3,(H,17,19). The van der Waals surface area contributed by atoms with Gasteiger partial charge >= 0.3 is 0 Å². The topological polar surface area (TPSA) is 49.4 Å². The van der Waals surface area contributed by atoms with Crippen LogP contribution in [0.2, 0.25) is 0 Å². The first-order chi connectivity index (χ1) is 9.56. The van der Waals surface area contributed by atoms with Gasteiger partial charge in [-0.3, -0.25) is 9.59 Å². The molecule has 1 fully saturated rings. The lowest BCUT2D eigenvalue weighted by atomic mass is 10.1. The molecule has 116 valence electrons. The van der Waals surface area contributed by atoms with Gasteiger partial charge in [-0.2, -0.15) is 0 Å². The molecule has 1 saturated heterocycles. The van der Waals surface area contributed by atoms with Gasteiger partial charge in [0.15, 0.2) is 0 Å². The molecular formula is C16H30N2O2. The molecule has 0 spiro atoms. The van der Waals surface area contributed by atoms with Gasteiger partial charge in [0, 0.05) is 19.0 Å². The Morgan fingerprint density at radius 3 is 2.30 bits per heavy atom. The molecule has 0 aromatic heterocycles. The average Bonchev–Trinajstić information content (AvgIpc) is 2.48. The summed E-state index contributed by atoms with van der Waals surface area (Å²) < 4.78 is 0. The molecule has 0 aliphatic carbocycles. The van der Waals surface area contributed by atoms with Crippen LogP contribution in [0.1, 0.15) is 72.1 Å². The molecule has 2 amide bonds. The Morgan fingerprint density at radius 2 is 1.65 bits per heavy atom. The van der Waals surface area contributed by atoms with E-state index in [0.717, 1.165) is 13.0 Å². The highest BCUT2D eigenvalue weighted by atomic mass is 16.2.